The molecule has 0 fully saturated rings. The van der Waals surface area contributed by atoms with Crippen molar-refractivity contribution in [2.75, 3.05) is 5.01 Å². The summed E-state index contributed by atoms with van der Waals surface area (Å²) in [5.41, 5.74) is 4.41. The molecule has 2 N–H and O–H groups in total. The van der Waals surface area contributed by atoms with Gasteiger partial charge in [-0.3, -0.25) is 5.01 Å². The number of aryl methyl sites for hydroxylation is 1. The van der Waals surface area contributed by atoms with E-state index in [4.69, 9.17) is 5.11 Å². The Morgan fingerprint density at radius 1 is 1.56 bits per heavy atom. The van der Waals surface area contributed by atoms with Gasteiger partial charge in [0.15, 0.2) is 5.69 Å². The van der Waals surface area contributed by atoms with Gasteiger partial charge in [0.2, 0.25) is 0 Å². The molecular formula is C11H13N3O2. The minimum atomic E-state index is -1.02. The molecule has 2 rings (SSSR count). The summed E-state index contributed by atoms with van der Waals surface area (Å²) in [7, 11) is 0. The Kier molecular flexibility index (Phi) is 2.62. The van der Waals surface area contributed by atoms with Crippen LogP contribution in [0.2, 0.25) is 0 Å². The van der Waals surface area contributed by atoms with E-state index in [1.165, 1.54) is 0 Å². The van der Waals surface area contributed by atoms with Crippen LogP contribution < -0.4 is 10.4 Å². The fourth-order valence-electron chi connectivity index (χ4n) is 1.57. The van der Waals surface area contributed by atoms with Crippen molar-refractivity contribution < 1.29 is 9.90 Å². The minimum absolute atomic E-state index is 0.0613. The Bertz CT molecular complexity index is 457. The lowest BCUT2D eigenvalue weighted by Crippen LogP contribution is -2.34. The maximum absolute atomic E-state index is 11.1. The van der Waals surface area contributed by atoms with Crippen LogP contribution >= 0.6 is 0 Å². The third-order valence-electron chi connectivity index (χ3n) is 2.34. The molecule has 1 aliphatic heterocycles. The summed E-state index contributed by atoms with van der Waals surface area (Å²) in [6.45, 7) is 3.75. The van der Waals surface area contributed by atoms with Crippen LogP contribution in [0.25, 0.3) is 0 Å². The lowest BCUT2D eigenvalue weighted by atomic mass is 10.2. The van der Waals surface area contributed by atoms with Gasteiger partial charge < -0.3 is 5.11 Å². The van der Waals surface area contributed by atoms with Crippen molar-refractivity contribution in [2.24, 2.45) is 0 Å². The number of aromatic carboxylic acids is 1. The molecule has 1 aliphatic rings. The first kappa shape index (κ1) is 10.6. The van der Waals surface area contributed by atoms with Crippen LogP contribution in [0.3, 0.4) is 0 Å². The molecule has 0 bridgehead atoms. The Balaban J connectivity index is 2.40. The average Bonchev–Trinajstić information content (AvgIpc) is 2.64. The van der Waals surface area contributed by atoms with Crippen LogP contribution in [0.15, 0.2) is 24.4 Å². The molecule has 0 saturated carbocycles. The molecule has 1 aromatic heterocycles. The van der Waals surface area contributed by atoms with Gasteiger partial charge in [0.1, 0.15) is 0 Å². The van der Waals surface area contributed by atoms with Crippen LogP contribution in [-0.4, -0.2) is 22.1 Å². The van der Waals surface area contributed by atoms with Crippen molar-refractivity contribution in [3.63, 3.8) is 0 Å². The van der Waals surface area contributed by atoms with Crippen molar-refractivity contribution in [1.82, 2.24) is 10.4 Å². The number of hydrogen-bond donors (Lipinski definition) is 2. The fraction of sp³-hybridized carbons (Fsp3) is 0.273. The van der Waals surface area contributed by atoms with E-state index in [0.29, 0.717) is 11.4 Å². The summed E-state index contributed by atoms with van der Waals surface area (Å²) in [5, 5.41) is 10.8. The van der Waals surface area contributed by atoms with Gasteiger partial charge in [0.05, 0.1) is 5.69 Å². The van der Waals surface area contributed by atoms with E-state index in [2.05, 4.69) is 10.4 Å². The van der Waals surface area contributed by atoms with Gasteiger partial charge in [-0.05, 0) is 32.1 Å². The third kappa shape index (κ3) is 1.90. The van der Waals surface area contributed by atoms with Gasteiger partial charge in [-0.25, -0.2) is 15.2 Å². The van der Waals surface area contributed by atoms with Crippen LogP contribution in [0, 0.1) is 6.92 Å². The first-order valence-corrected chi connectivity index (χ1v) is 5.02. The molecule has 1 aromatic rings. The van der Waals surface area contributed by atoms with Crippen molar-refractivity contribution in [3.05, 3.63) is 35.8 Å². The molecule has 0 amide bonds. The molecule has 1 unspecified atom stereocenters. The van der Waals surface area contributed by atoms with E-state index in [-0.39, 0.29) is 11.7 Å². The Hall–Kier alpha value is -1.88. The molecule has 2 heterocycles. The predicted octanol–water partition coefficient (Wildman–Crippen LogP) is 1.32. The SMILES string of the molecule is Cc1ccc(N2C=CC(C)N2)c(C(=O)O)n1. The van der Waals surface area contributed by atoms with Crippen LogP contribution in [0.5, 0.6) is 0 Å². The van der Waals surface area contributed by atoms with E-state index in [1.54, 1.807) is 24.1 Å². The number of nitrogens with zero attached hydrogens (tertiary/aromatic N) is 2. The maximum Gasteiger partial charge on any atom is 0.356 e. The summed E-state index contributed by atoms with van der Waals surface area (Å²) in [4.78, 5) is 15.1. The number of carboxylic acids is 1. The molecule has 5 nitrogen and oxygen atoms in total. The quantitative estimate of drug-likeness (QED) is 0.785. The first-order chi connectivity index (χ1) is 7.58. The number of carboxylic acid groups (broad SMARTS) is 1. The van der Waals surface area contributed by atoms with Crippen molar-refractivity contribution in [3.8, 4) is 0 Å². The summed E-state index contributed by atoms with van der Waals surface area (Å²) >= 11 is 0. The molecular weight excluding hydrogens is 206 g/mol. The van der Waals surface area contributed by atoms with Crippen LogP contribution in [0.4, 0.5) is 5.69 Å². The third-order valence-corrected chi connectivity index (χ3v) is 2.34. The van der Waals surface area contributed by atoms with Gasteiger partial charge in [-0.15, -0.1) is 0 Å². The molecule has 0 spiro atoms. The van der Waals surface area contributed by atoms with E-state index in [1.807, 2.05) is 19.2 Å². The van der Waals surface area contributed by atoms with Crippen molar-refractivity contribution in [2.45, 2.75) is 19.9 Å². The highest BCUT2D eigenvalue weighted by molar-refractivity contribution is 5.92. The predicted molar refractivity (Wildman–Crippen MR) is 60.2 cm³/mol. The second-order valence-corrected chi connectivity index (χ2v) is 3.75. The average molecular weight is 219 g/mol. The molecule has 16 heavy (non-hydrogen) atoms. The summed E-state index contributed by atoms with van der Waals surface area (Å²) in [6.07, 6.45) is 3.76. The van der Waals surface area contributed by atoms with Gasteiger partial charge in [0, 0.05) is 17.9 Å². The molecule has 0 aliphatic carbocycles. The minimum Gasteiger partial charge on any atom is -0.476 e. The second kappa shape index (κ2) is 3.94. The topological polar surface area (TPSA) is 65.5 Å². The summed E-state index contributed by atoms with van der Waals surface area (Å²) in [5.74, 6) is -1.02. The van der Waals surface area contributed by atoms with Crippen LogP contribution in [0.1, 0.15) is 23.1 Å². The standard InChI is InChI=1S/C11H13N3O2/c1-7-3-4-9(10(12-7)11(15)16)14-6-5-8(2)13-14/h3-6,8,13H,1-2H3,(H,15,16). The van der Waals surface area contributed by atoms with E-state index >= 15 is 0 Å². The molecule has 0 saturated heterocycles. The number of rotatable bonds is 2. The molecule has 1 atom stereocenters. The van der Waals surface area contributed by atoms with Gasteiger partial charge in [-0.1, -0.05) is 0 Å². The van der Waals surface area contributed by atoms with E-state index in [9.17, 15) is 4.79 Å². The number of anilines is 1. The second-order valence-electron chi connectivity index (χ2n) is 3.75. The van der Waals surface area contributed by atoms with E-state index < -0.39 is 5.97 Å². The summed E-state index contributed by atoms with van der Waals surface area (Å²) in [6, 6.07) is 3.74. The summed E-state index contributed by atoms with van der Waals surface area (Å²) < 4.78 is 0. The highest BCUT2D eigenvalue weighted by Crippen LogP contribution is 2.20. The largest absolute Gasteiger partial charge is 0.476 e. The van der Waals surface area contributed by atoms with E-state index in [0.717, 1.165) is 0 Å². The zero-order chi connectivity index (χ0) is 11.7. The Morgan fingerprint density at radius 3 is 2.88 bits per heavy atom. The number of hydrogen-bond acceptors (Lipinski definition) is 4. The van der Waals surface area contributed by atoms with Gasteiger partial charge in [0.25, 0.3) is 0 Å². The van der Waals surface area contributed by atoms with Gasteiger partial charge in [-0.2, -0.15) is 0 Å². The molecule has 0 radical (unpaired) electrons. The smallest absolute Gasteiger partial charge is 0.356 e. The Morgan fingerprint density at radius 2 is 2.31 bits per heavy atom. The zero-order valence-corrected chi connectivity index (χ0v) is 9.14. The van der Waals surface area contributed by atoms with Gasteiger partial charge >= 0.3 is 5.97 Å². The number of nitrogens with one attached hydrogen (secondary N) is 1. The molecule has 84 valence electrons. The lowest BCUT2D eigenvalue weighted by Gasteiger charge is -2.19. The number of pyridine rings is 1. The Labute approximate surface area is 93.4 Å². The molecule has 5 heteroatoms. The molecule has 0 aromatic carbocycles. The number of hydrazine groups is 1. The number of carbonyl (C=O) groups is 1. The monoisotopic (exact) mass is 219 g/mol. The number of aromatic nitrogens is 1. The zero-order valence-electron chi connectivity index (χ0n) is 9.14. The normalized spacial score (nSPS) is 19.1. The highest BCUT2D eigenvalue weighted by Gasteiger charge is 2.20. The van der Waals surface area contributed by atoms with Crippen molar-refractivity contribution >= 4 is 11.7 Å². The lowest BCUT2D eigenvalue weighted by molar-refractivity contribution is 0.0691. The fourth-order valence-corrected chi connectivity index (χ4v) is 1.57. The maximum atomic E-state index is 11.1. The first-order valence-electron chi connectivity index (χ1n) is 5.02. The highest BCUT2D eigenvalue weighted by atomic mass is 16.4. The van der Waals surface area contributed by atoms with Crippen molar-refractivity contribution in [1.29, 1.82) is 0 Å². The van der Waals surface area contributed by atoms with Crippen LogP contribution in [-0.2, 0) is 0 Å².